The third-order valence-corrected chi connectivity index (χ3v) is 0. The molecule has 0 saturated carbocycles. The average molecular weight is 78.5 g/mol. The Balaban J connectivity index is -0.0000000200. The van der Waals surface area contributed by atoms with Crippen LogP contribution in [0.1, 0.15) is 8.35 Å². The third kappa shape index (κ3) is 2390. The first-order chi connectivity index (χ1) is 1.41. The van der Waals surface area contributed by atoms with Crippen LogP contribution in [0.15, 0.2) is 12.7 Å². The molecule has 0 bridgehead atoms. The van der Waals surface area contributed by atoms with E-state index < -0.39 is 0 Å². The van der Waals surface area contributed by atoms with Crippen LogP contribution in [0.4, 0.5) is 0 Å². The summed E-state index contributed by atoms with van der Waals surface area (Å²) < 4.78 is 0. The Bertz CT molecular complexity index is 14.4. The molecule has 0 heterocycles. The molecule has 4 heavy (non-hydrogen) atoms. The Morgan fingerprint density at radius 2 is 2.00 bits per heavy atom. The van der Waals surface area contributed by atoms with Crippen LogP contribution in [0.3, 0.4) is 0 Å². The monoisotopic (exact) mass is 78.0 g/mol. The fourth-order valence-corrected chi connectivity index (χ4v) is 0. The molecule has 0 rings (SSSR count). The zero-order valence-electron chi connectivity index (χ0n) is 3.66. The quantitative estimate of drug-likeness (QED) is 0.303. The lowest BCUT2D eigenvalue weighted by Gasteiger charge is -1.31. The molecule has 0 aliphatic heterocycles. The first kappa shape index (κ1) is 8.98. The lowest BCUT2D eigenvalue weighted by atomic mass is 10.8. The Kier molecular flexibility index (Phi) is 26.4. The van der Waals surface area contributed by atoms with E-state index in [1.807, 2.05) is 6.92 Å². The van der Waals surface area contributed by atoms with Gasteiger partial charge in [0, 0.05) is 0 Å². The van der Waals surface area contributed by atoms with E-state index in [4.69, 9.17) is 0 Å². The van der Waals surface area contributed by atoms with Crippen molar-refractivity contribution in [3.63, 3.8) is 0 Å². The summed E-state index contributed by atoms with van der Waals surface area (Å²) in [7, 11) is 0. The number of rotatable bonds is 0. The molecule has 0 aromatic carbocycles. The van der Waals surface area contributed by atoms with Gasteiger partial charge in [0.25, 0.3) is 0 Å². The van der Waals surface area contributed by atoms with Gasteiger partial charge in [-0.2, -0.15) is 0 Å². The molecule has 0 N–H and O–H groups in total. The van der Waals surface area contributed by atoms with Crippen LogP contribution in [-0.4, -0.2) is 0 Å². The minimum atomic E-state index is 0. The smallest absolute Gasteiger partial charge is 1.00 e. The molecule has 0 spiro atoms. The van der Waals surface area contributed by atoms with Crippen molar-refractivity contribution in [2.45, 2.75) is 6.92 Å². The van der Waals surface area contributed by atoms with Gasteiger partial charge in [0.1, 0.15) is 0 Å². The van der Waals surface area contributed by atoms with Gasteiger partial charge in [0.05, 0.1) is 0 Å². The van der Waals surface area contributed by atoms with Gasteiger partial charge in [-0.05, 0) is 6.92 Å². The van der Waals surface area contributed by atoms with E-state index in [-0.39, 0.29) is 13.8 Å². The molecule has 0 nitrogen and oxygen atoms in total. The topological polar surface area (TPSA) is 0 Å². The summed E-state index contributed by atoms with van der Waals surface area (Å²) in [6, 6.07) is 0. The maximum atomic E-state index is 3.36. The van der Waals surface area contributed by atoms with Crippen molar-refractivity contribution in [3.05, 3.63) is 12.7 Å². The van der Waals surface area contributed by atoms with E-state index in [1.165, 1.54) is 0 Å². The van der Waals surface area contributed by atoms with Crippen molar-refractivity contribution in [2.24, 2.45) is 0 Å². The highest BCUT2D eigenvalue weighted by Gasteiger charge is 1.15. The predicted octanol–water partition coefficient (Wildman–Crippen LogP) is -1.69. The van der Waals surface area contributed by atoms with Crippen molar-refractivity contribution in [1.82, 2.24) is 0 Å². The van der Waals surface area contributed by atoms with Crippen LogP contribution in [0.5, 0.6) is 0 Å². The Morgan fingerprint density at radius 1 is 2.00 bits per heavy atom. The fraction of sp³-hybridized carbons (Fsp3) is 0.333. The molecule has 1 heteroatoms. The predicted molar refractivity (Wildman–Crippen MR) is 17.0 cm³/mol. The number of hydrogen-bond donors (Lipinski definition) is 0. The highest BCUT2D eigenvalue weighted by molar-refractivity contribution is 4.51. The van der Waals surface area contributed by atoms with Crippen molar-refractivity contribution >= 4 is 0 Å². The highest BCUT2D eigenvalue weighted by atomic mass is 35.5. The van der Waals surface area contributed by atoms with E-state index in [2.05, 4.69) is 6.58 Å². The first-order valence-electron chi connectivity index (χ1n) is 0.986. The van der Waals surface area contributed by atoms with E-state index in [1.54, 1.807) is 6.08 Å². The number of allylic oxidation sites excluding steroid dienone is 1. The van der Waals surface area contributed by atoms with Crippen LogP contribution in [0, 0.1) is 0 Å². The second-order valence-corrected chi connectivity index (χ2v) is 0.408. The van der Waals surface area contributed by atoms with Gasteiger partial charge >= 0.3 is 1.43 Å². The normalized spacial score (nSPS) is 3.25. The lowest BCUT2D eigenvalue weighted by Crippen LogP contribution is -3.00. The maximum Gasteiger partial charge on any atom is 1.00 e. The average Bonchev–Trinajstić information content (AvgIpc) is 0.918. The molecule has 0 aromatic rings. The van der Waals surface area contributed by atoms with E-state index in [0.717, 1.165) is 0 Å². The van der Waals surface area contributed by atoms with E-state index in [9.17, 15) is 0 Å². The summed E-state index contributed by atoms with van der Waals surface area (Å²) in [5.74, 6) is 0. The van der Waals surface area contributed by atoms with Gasteiger partial charge in [0.2, 0.25) is 0 Å². The molecule has 0 unspecified atom stereocenters. The molecule has 0 atom stereocenters. The molecule has 0 aromatic heterocycles. The zero-order valence-corrected chi connectivity index (χ0v) is 3.42. The van der Waals surface area contributed by atoms with Gasteiger partial charge < -0.3 is 12.4 Å². The van der Waals surface area contributed by atoms with E-state index >= 15 is 0 Å². The summed E-state index contributed by atoms with van der Waals surface area (Å²) in [5.41, 5.74) is 0. The molecular weight excluding hydrogens is 71.5 g/mol. The van der Waals surface area contributed by atoms with Gasteiger partial charge in [-0.15, -0.1) is 6.58 Å². The lowest BCUT2D eigenvalue weighted by molar-refractivity contribution is -0.000000738. The Labute approximate surface area is 34.4 Å². The molecule has 0 aliphatic carbocycles. The zero-order chi connectivity index (χ0) is 2.71. The highest BCUT2D eigenvalue weighted by Crippen LogP contribution is 1.38. The van der Waals surface area contributed by atoms with Crippen molar-refractivity contribution in [3.8, 4) is 0 Å². The van der Waals surface area contributed by atoms with Gasteiger partial charge in [-0.25, -0.2) is 0 Å². The van der Waals surface area contributed by atoms with Crippen molar-refractivity contribution in [1.29, 1.82) is 0 Å². The molecule has 26 valence electrons. The largest absolute Gasteiger partial charge is 1.00 e. The van der Waals surface area contributed by atoms with Crippen LogP contribution >= 0.6 is 0 Å². The Morgan fingerprint density at radius 3 is 2.00 bits per heavy atom. The molecule has 0 aliphatic rings. The first-order valence-corrected chi connectivity index (χ1v) is 0.986. The number of hydrogen-bond acceptors (Lipinski definition) is 0. The molecule has 0 radical (unpaired) electrons. The van der Waals surface area contributed by atoms with Crippen molar-refractivity contribution < 1.29 is 13.8 Å². The minimum Gasteiger partial charge on any atom is -1.00 e. The maximum absolute atomic E-state index is 3.36. The van der Waals surface area contributed by atoms with E-state index in [0.29, 0.717) is 0 Å². The third-order valence-electron chi connectivity index (χ3n) is 0. The minimum absolute atomic E-state index is 0. The van der Waals surface area contributed by atoms with Gasteiger partial charge in [-0.1, -0.05) is 6.08 Å². The summed E-state index contributed by atoms with van der Waals surface area (Å²) >= 11 is 0. The van der Waals surface area contributed by atoms with Gasteiger partial charge in [-0.3, -0.25) is 0 Å². The Hall–Kier alpha value is 0.0300. The van der Waals surface area contributed by atoms with Crippen LogP contribution < -0.4 is 12.4 Å². The van der Waals surface area contributed by atoms with Crippen LogP contribution in [-0.2, 0) is 0 Å². The standard InChI is InChI=1S/C3H6.ClH/c1-3-2;/h3H,1H2,2H3;1H. The number of halogens is 1. The van der Waals surface area contributed by atoms with Gasteiger partial charge in [0.15, 0.2) is 0 Å². The molecular formula is C3H7Cl. The SMILES string of the molecule is C=CC.[Cl-].[H+]. The van der Waals surface area contributed by atoms with Crippen LogP contribution in [0.2, 0.25) is 0 Å². The summed E-state index contributed by atoms with van der Waals surface area (Å²) in [4.78, 5) is 0. The molecule has 0 fully saturated rings. The summed E-state index contributed by atoms with van der Waals surface area (Å²) in [5, 5.41) is 0. The summed E-state index contributed by atoms with van der Waals surface area (Å²) in [6.07, 6.45) is 1.75. The molecule has 0 amide bonds. The van der Waals surface area contributed by atoms with Crippen molar-refractivity contribution in [2.75, 3.05) is 0 Å². The second kappa shape index (κ2) is 11.8. The molecule has 0 saturated heterocycles. The van der Waals surface area contributed by atoms with Crippen LogP contribution in [0.25, 0.3) is 0 Å². The fourth-order valence-electron chi connectivity index (χ4n) is 0. The summed E-state index contributed by atoms with van der Waals surface area (Å²) in [6.45, 7) is 5.25. The second-order valence-electron chi connectivity index (χ2n) is 0.408.